The van der Waals surface area contributed by atoms with Crippen molar-refractivity contribution in [1.29, 1.82) is 0 Å². The summed E-state index contributed by atoms with van der Waals surface area (Å²) in [6, 6.07) is 0.842. The third kappa shape index (κ3) is 3.12. The van der Waals surface area contributed by atoms with E-state index in [0.717, 1.165) is 38.1 Å². The molecule has 2 fully saturated rings. The summed E-state index contributed by atoms with van der Waals surface area (Å²) in [5.74, 6) is 0.899. The van der Waals surface area contributed by atoms with Crippen LogP contribution in [0.5, 0.6) is 0 Å². The molecule has 1 amide bonds. The summed E-state index contributed by atoms with van der Waals surface area (Å²) in [4.78, 5) is 15.1. The van der Waals surface area contributed by atoms with Crippen LogP contribution in [0.4, 0.5) is 4.79 Å². The molecule has 1 N–H and O–H groups in total. The summed E-state index contributed by atoms with van der Waals surface area (Å²) in [5.41, 5.74) is 0. The molecule has 1 heterocycles. The van der Waals surface area contributed by atoms with Gasteiger partial charge in [0.1, 0.15) is 0 Å². The van der Waals surface area contributed by atoms with Gasteiger partial charge in [-0.15, -0.1) is 0 Å². The lowest BCUT2D eigenvalue weighted by Crippen LogP contribution is -3.18. The van der Waals surface area contributed by atoms with E-state index in [1.165, 1.54) is 19.3 Å². The summed E-state index contributed by atoms with van der Waals surface area (Å²) >= 11 is 0. The van der Waals surface area contributed by atoms with E-state index in [0.29, 0.717) is 6.61 Å². The molecule has 0 spiro atoms. The Bertz CT molecular complexity index is 262. The van der Waals surface area contributed by atoms with Crippen molar-refractivity contribution in [1.82, 2.24) is 4.90 Å². The van der Waals surface area contributed by atoms with Crippen LogP contribution in [-0.2, 0) is 4.74 Å². The zero-order valence-electron chi connectivity index (χ0n) is 11.1. The molecule has 2 rings (SSSR count). The monoisotopic (exact) mass is 241 g/mol. The second-order valence-electron chi connectivity index (χ2n) is 5.46. The maximum Gasteiger partial charge on any atom is 0.410 e. The zero-order valence-corrected chi connectivity index (χ0v) is 11.1. The van der Waals surface area contributed by atoms with E-state index in [1.54, 1.807) is 4.90 Å². The lowest BCUT2D eigenvalue weighted by Gasteiger charge is -2.34. The SMILES string of the molecule is CCOC(=O)N1CC[NH+]([C@@H]2CC[C@@H](C)C2)CC1. The largest absolute Gasteiger partial charge is 0.450 e. The molecule has 98 valence electrons. The van der Waals surface area contributed by atoms with Crippen LogP contribution in [0.1, 0.15) is 33.1 Å². The Kier molecular flexibility index (Phi) is 4.26. The van der Waals surface area contributed by atoms with Crippen molar-refractivity contribution < 1.29 is 14.4 Å². The minimum atomic E-state index is -0.133. The Morgan fingerprint density at radius 3 is 2.59 bits per heavy atom. The molecular formula is C13H25N2O2+. The lowest BCUT2D eigenvalue weighted by molar-refractivity contribution is -0.928. The van der Waals surface area contributed by atoms with Gasteiger partial charge in [0.2, 0.25) is 0 Å². The molecule has 0 radical (unpaired) electrons. The maximum atomic E-state index is 11.6. The molecule has 0 aromatic carbocycles. The highest BCUT2D eigenvalue weighted by Gasteiger charge is 2.33. The number of nitrogens with zero attached hydrogens (tertiary/aromatic N) is 1. The lowest BCUT2D eigenvalue weighted by atomic mass is 10.1. The van der Waals surface area contributed by atoms with E-state index in [4.69, 9.17) is 4.74 Å². The fourth-order valence-electron chi connectivity index (χ4n) is 3.18. The predicted molar refractivity (Wildman–Crippen MR) is 66.1 cm³/mol. The normalized spacial score (nSPS) is 30.6. The van der Waals surface area contributed by atoms with E-state index in [-0.39, 0.29) is 6.09 Å². The number of carbonyl (C=O) groups is 1. The van der Waals surface area contributed by atoms with Gasteiger partial charge in [-0.25, -0.2) is 4.79 Å². The molecule has 4 heteroatoms. The van der Waals surface area contributed by atoms with Crippen LogP contribution in [-0.4, -0.2) is 49.8 Å². The van der Waals surface area contributed by atoms with Gasteiger partial charge in [0.15, 0.2) is 0 Å². The molecule has 1 aliphatic carbocycles. The molecular weight excluding hydrogens is 216 g/mol. The topological polar surface area (TPSA) is 34.0 Å². The fourth-order valence-corrected chi connectivity index (χ4v) is 3.18. The number of nitrogens with one attached hydrogen (secondary N) is 1. The summed E-state index contributed by atoms with van der Waals surface area (Å²) in [6.07, 6.45) is 3.99. The number of amides is 1. The number of hydrogen-bond acceptors (Lipinski definition) is 2. The van der Waals surface area contributed by atoms with Crippen LogP contribution in [0.3, 0.4) is 0 Å². The number of quaternary nitrogens is 1. The summed E-state index contributed by atoms with van der Waals surface area (Å²) < 4.78 is 5.04. The van der Waals surface area contributed by atoms with Crippen molar-refractivity contribution in [2.24, 2.45) is 5.92 Å². The second-order valence-corrected chi connectivity index (χ2v) is 5.46. The van der Waals surface area contributed by atoms with Gasteiger partial charge < -0.3 is 9.64 Å². The van der Waals surface area contributed by atoms with Crippen LogP contribution in [0, 0.1) is 5.92 Å². The highest BCUT2D eigenvalue weighted by molar-refractivity contribution is 5.67. The van der Waals surface area contributed by atoms with Gasteiger partial charge in [0, 0.05) is 6.42 Å². The highest BCUT2D eigenvalue weighted by Crippen LogP contribution is 2.22. The molecule has 1 aliphatic heterocycles. The number of hydrogen-bond donors (Lipinski definition) is 1. The molecule has 0 bridgehead atoms. The third-order valence-corrected chi connectivity index (χ3v) is 4.20. The van der Waals surface area contributed by atoms with Gasteiger partial charge in [-0.3, -0.25) is 4.90 Å². The van der Waals surface area contributed by atoms with Crippen LogP contribution in [0.15, 0.2) is 0 Å². The summed E-state index contributed by atoms with van der Waals surface area (Å²) in [7, 11) is 0. The first-order chi connectivity index (χ1) is 8.20. The number of rotatable bonds is 2. The Balaban J connectivity index is 1.76. The molecule has 0 aromatic rings. The predicted octanol–water partition coefficient (Wildman–Crippen LogP) is 0.532. The Hall–Kier alpha value is -0.770. The Labute approximate surface area is 104 Å². The van der Waals surface area contributed by atoms with Gasteiger partial charge in [0.25, 0.3) is 0 Å². The van der Waals surface area contributed by atoms with Crippen LogP contribution < -0.4 is 4.90 Å². The van der Waals surface area contributed by atoms with Crippen molar-refractivity contribution in [3.8, 4) is 0 Å². The molecule has 1 saturated heterocycles. The average Bonchev–Trinajstić information content (AvgIpc) is 2.76. The fraction of sp³-hybridized carbons (Fsp3) is 0.923. The molecule has 1 saturated carbocycles. The summed E-state index contributed by atoms with van der Waals surface area (Å²) in [6.45, 7) is 8.60. The van der Waals surface area contributed by atoms with E-state index >= 15 is 0 Å². The average molecular weight is 241 g/mol. The van der Waals surface area contributed by atoms with Gasteiger partial charge in [-0.1, -0.05) is 6.92 Å². The quantitative estimate of drug-likeness (QED) is 0.765. The standard InChI is InChI=1S/C13H24N2O2/c1-3-17-13(16)15-8-6-14(7-9-15)12-5-4-11(2)10-12/h11-12H,3-10H2,1-2H3/p+1/t11-,12-/m1/s1. The first-order valence-electron chi connectivity index (χ1n) is 6.97. The van der Waals surface area contributed by atoms with Crippen LogP contribution in [0.25, 0.3) is 0 Å². The minimum absolute atomic E-state index is 0.133. The highest BCUT2D eigenvalue weighted by atomic mass is 16.6. The molecule has 17 heavy (non-hydrogen) atoms. The molecule has 4 nitrogen and oxygen atoms in total. The smallest absolute Gasteiger partial charge is 0.410 e. The van der Waals surface area contributed by atoms with Crippen LogP contribution in [0.2, 0.25) is 0 Å². The number of carbonyl (C=O) groups excluding carboxylic acids is 1. The first kappa shape index (κ1) is 12.7. The van der Waals surface area contributed by atoms with Crippen molar-refractivity contribution >= 4 is 6.09 Å². The van der Waals surface area contributed by atoms with Crippen LogP contribution >= 0.6 is 0 Å². The number of ether oxygens (including phenoxy) is 1. The van der Waals surface area contributed by atoms with E-state index in [9.17, 15) is 4.79 Å². The molecule has 0 aromatic heterocycles. The van der Waals surface area contributed by atoms with Gasteiger partial charge in [-0.05, 0) is 25.7 Å². The molecule has 0 unspecified atom stereocenters. The van der Waals surface area contributed by atoms with Crippen molar-refractivity contribution in [3.63, 3.8) is 0 Å². The first-order valence-corrected chi connectivity index (χ1v) is 6.97. The third-order valence-electron chi connectivity index (χ3n) is 4.20. The summed E-state index contributed by atoms with van der Waals surface area (Å²) in [5, 5.41) is 0. The van der Waals surface area contributed by atoms with E-state index in [2.05, 4.69) is 6.92 Å². The van der Waals surface area contributed by atoms with Gasteiger partial charge >= 0.3 is 6.09 Å². The van der Waals surface area contributed by atoms with Crippen molar-refractivity contribution in [3.05, 3.63) is 0 Å². The van der Waals surface area contributed by atoms with Gasteiger partial charge in [0.05, 0.1) is 38.8 Å². The van der Waals surface area contributed by atoms with Gasteiger partial charge in [-0.2, -0.15) is 0 Å². The maximum absolute atomic E-state index is 11.6. The molecule has 2 atom stereocenters. The molecule has 2 aliphatic rings. The van der Waals surface area contributed by atoms with Crippen molar-refractivity contribution in [2.75, 3.05) is 32.8 Å². The minimum Gasteiger partial charge on any atom is -0.450 e. The Morgan fingerprint density at radius 2 is 2.06 bits per heavy atom. The number of piperazine rings is 1. The second kappa shape index (κ2) is 5.71. The van der Waals surface area contributed by atoms with Crippen molar-refractivity contribution in [2.45, 2.75) is 39.2 Å². The van der Waals surface area contributed by atoms with E-state index < -0.39 is 0 Å². The zero-order chi connectivity index (χ0) is 12.3. The van der Waals surface area contributed by atoms with E-state index in [1.807, 2.05) is 11.8 Å². The Morgan fingerprint density at radius 1 is 1.35 bits per heavy atom.